The van der Waals surface area contributed by atoms with Gasteiger partial charge in [0, 0.05) is 16.8 Å². The zero-order valence-electron chi connectivity index (χ0n) is 9.68. The average molecular weight is 283 g/mol. The molecule has 0 fully saturated rings. The summed E-state index contributed by atoms with van der Waals surface area (Å²) in [5.41, 5.74) is 0.752. The van der Waals surface area contributed by atoms with Gasteiger partial charge in [0.05, 0.1) is 11.3 Å². The Bertz CT molecular complexity index is 604. The van der Waals surface area contributed by atoms with E-state index in [0.717, 1.165) is 10.9 Å². The van der Waals surface area contributed by atoms with Crippen LogP contribution in [0, 0.1) is 0 Å². The van der Waals surface area contributed by atoms with Crippen LogP contribution >= 0.6 is 23.4 Å². The maximum absolute atomic E-state index is 10.6. The molecule has 1 N–H and O–H groups in total. The minimum absolute atomic E-state index is 0.0160. The van der Waals surface area contributed by atoms with Crippen LogP contribution in [0.2, 0.25) is 5.02 Å². The monoisotopic (exact) mass is 282 g/mol. The minimum atomic E-state index is -0.862. The van der Waals surface area contributed by atoms with Gasteiger partial charge in [-0.2, -0.15) is 0 Å². The maximum Gasteiger partial charge on any atom is 0.313 e. The fourth-order valence-corrected chi connectivity index (χ4v) is 2.44. The van der Waals surface area contributed by atoms with Gasteiger partial charge < -0.3 is 5.11 Å². The Balaban J connectivity index is 2.51. The van der Waals surface area contributed by atoms with Gasteiger partial charge >= 0.3 is 5.97 Å². The lowest BCUT2D eigenvalue weighted by atomic mass is 10.2. The molecule has 2 aromatic rings. The van der Waals surface area contributed by atoms with Gasteiger partial charge in [0.1, 0.15) is 10.9 Å². The molecule has 1 aromatic heterocycles. The molecule has 18 heavy (non-hydrogen) atoms. The molecule has 0 saturated heterocycles. The number of fused-ring (bicyclic) bond motifs is 1. The Kier molecular flexibility index (Phi) is 4.04. The van der Waals surface area contributed by atoms with E-state index in [0.29, 0.717) is 22.3 Å². The summed E-state index contributed by atoms with van der Waals surface area (Å²) in [6.07, 6.45) is 0.698. The molecule has 1 aromatic carbocycles. The Morgan fingerprint density at radius 2 is 2.22 bits per heavy atom. The summed E-state index contributed by atoms with van der Waals surface area (Å²) in [6.45, 7) is 1.96. The van der Waals surface area contributed by atoms with E-state index in [1.54, 1.807) is 12.1 Å². The predicted molar refractivity (Wildman–Crippen MR) is 72.3 cm³/mol. The minimum Gasteiger partial charge on any atom is -0.481 e. The fraction of sp³-hybridized carbons (Fsp3) is 0.250. The summed E-state index contributed by atoms with van der Waals surface area (Å²) >= 11 is 7.13. The molecule has 0 radical (unpaired) electrons. The molecule has 0 amide bonds. The third kappa shape index (κ3) is 2.91. The van der Waals surface area contributed by atoms with Crippen molar-refractivity contribution < 1.29 is 9.90 Å². The number of halogens is 1. The molecule has 0 bridgehead atoms. The topological polar surface area (TPSA) is 63.1 Å². The van der Waals surface area contributed by atoms with Crippen LogP contribution in [-0.4, -0.2) is 26.8 Å². The number of rotatable bonds is 4. The molecule has 0 aliphatic rings. The van der Waals surface area contributed by atoms with Crippen molar-refractivity contribution in [2.24, 2.45) is 0 Å². The number of nitrogens with zero attached hydrogens (tertiary/aromatic N) is 2. The highest BCUT2D eigenvalue weighted by atomic mass is 35.5. The molecule has 6 heteroatoms. The van der Waals surface area contributed by atoms with Gasteiger partial charge in [-0.15, -0.1) is 0 Å². The SMILES string of the molecule is CCc1nc(SCC(=O)O)c2ccc(Cl)cc2n1. The Labute approximate surface area is 113 Å². The molecular formula is C12H11ClN2O2S. The first-order chi connectivity index (χ1) is 8.60. The van der Waals surface area contributed by atoms with Crippen molar-refractivity contribution in [2.45, 2.75) is 18.4 Å². The highest BCUT2D eigenvalue weighted by Gasteiger charge is 2.09. The van der Waals surface area contributed by atoms with Crippen molar-refractivity contribution in [2.75, 3.05) is 5.75 Å². The van der Waals surface area contributed by atoms with Crippen LogP contribution in [-0.2, 0) is 11.2 Å². The standard InChI is InChI=1S/C12H11ClN2O2S/c1-2-10-14-9-5-7(13)3-4-8(9)12(15-10)18-6-11(16)17/h3-5H,2,6H2,1H3,(H,16,17). The van der Waals surface area contributed by atoms with Crippen LogP contribution in [0.1, 0.15) is 12.7 Å². The molecule has 0 spiro atoms. The third-order valence-electron chi connectivity index (χ3n) is 2.32. The number of aliphatic carboxylic acids is 1. The summed E-state index contributed by atoms with van der Waals surface area (Å²) in [5, 5.41) is 10.9. The molecule has 0 saturated carbocycles. The Hall–Kier alpha value is -1.33. The van der Waals surface area contributed by atoms with Crippen molar-refractivity contribution in [3.63, 3.8) is 0 Å². The van der Waals surface area contributed by atoms with Gasteiger partial charge in [-0.25, -0.2) is 9.97 Å². The average Bonchev–Trinajstić information content (AvgIpc) is 2.34. The van der Waals surface area contributed by atoms with Crippen LogP contribution in [0.5, 0.6) is 0 Å². The largest absolute Gasteiger partial charge is 0.481 e. The van der Waals surface area contributed by atoms with Gasteiger partial charge in [-0.3, -0.25) is 4.79 Å². The molecule has 94 valence electrons. The number of carboxylic acids is 1. The second-order valence-electron chi connectivity index (χ2n) is 3.64. The van der Waals surface area contributed by atoms with Crippen LogP contribution in [0.15, 0.2) is 23.2 Å². The molecular weight excluding hydrogens is 272 g/mol. The van der Waals surface area contributed by atoms with E-state index in [1.165, 1.54) is 11.8 Å². The number of thioether (sulfide) groups is 1. The lowest BCUT2D eigenvalue weighted by Gasteiger charge is -2.06. The Morgan fingerprint density at radius 3 is 2.89 bits per heavy atom. The normalized spacial score (nSPS) is 10.8. The van der Waals surface area contributed by atoms with Crippen molar-refractivity contribution in [3.05, 3.63) is 29.0 Å². The van der Waals surface area contributed by atoms with E-state index < -0.39 is 5.97 Å². The molecule has 0 atom stereocenters. The van der Waals surface area contributed by atoms with Gasteiger partial charge in [-0.1, -0.05) is 30.3 Å². The molecule has 0 aliphatic heterocycles. The number of aryl methyl sites for hydroxylation is 1. The summed E-state index contributed by atoms with van der Waals surface area (Å²) < 4.78 is 0. The number of aromatic nitrogens is 2. The molecule has 1 heterocycles. The molecule has 4 nitrogen and oxygen atoms in total. The van der Waals surface area contributed by atoms with Crippen LogP contribution in [0.4, 0.5) is 0 Å². The number of carboxylic acid groups (broad SMARTS) is 1. The van der Waals surface area contributed by atoms with Crippen LogP contribution in [0.3, 0.4) is 0 Å². The Morgan fingerprint density at radius 1 is 1.44 bits per heavy atom. The quantitative estimate of drug-likeness (QED) is 0.690. The van der Waals surface area contributed by atoms with Gasteiger partial charge in [0.2, 0.25) is 0 Å². The number of hydrogen-bond acceptors (Lipinski definition) is 4. The summed E-state index contributed by atoms with van der Waals surface area (Å²) in [4.78, 5) is 19.4. The number of benzene rings is 1. The van der Waals surface area contributed by atoms with E-state index in [1.807, 2.05) is 13.0 Å². The first-order valence-corrected chi connectivity index (χ1v) is 6.77. The maximum atomic E-state index is 10.6. The lowest BCUT2D eigenvalue weighted by Crippen LogP contribution is -2.01. The second-order valence-corrected chi connectivity index (χ2v) is 5.04. The summed E-state index contributed by atoms with van der Waals surface area (Å²) in [5.74, 6) is -0.186. The van der Waals surface area contributed by atoms with E-state index in [4.69, 9.17) is 16.7 Å². The highest BCUT2D eigenvalue weighted by Crippen LogP contribution is 2.27. The van der Waals surface area contributed by atoms with E-state index in [-0.39, 0.29) is 5.75 Å². The third-order valence-corrected chi connectivity index (χ3v) is 3.53. The van der Waals surface area contributed by atoms with Crippen LogP contribution in [0.25, 0.3) is 10.9 Å². The zero-order valence-corrected chi connectivity index (χ0v) is 11.3. The van der Waals surface area contributed by atoms with Crippen molar-refractivity contribution in [1.29, 1.82) is 0 Å². The van der Waals surface area contributed by atoms with Gasteiger partial charge in [0.15, 0.2) is 0 Å². The molecule has 2 rings (SSSR count). The summed E-state index contributed by atoms with van der Waals surface area (Å²) in [7, 11) is 0. The predicted octanol–water partition coefficient (Wildman–Crippen LogP) is 3.02. The number of carbonyl (C=O) groups is 1. The van der Waals surface area contributed by atoms with Gasteiger partial charge in [0.25, 0.3) is 0 Å². The van der Waals surface area contributed by atoms with Crippen LogP contribution < -0.4 is 0 Å². The molecule has 0 unspecified atom stereocenters. The first kappa shape index (κ1) is 13.1. The van der Waals surface area contributed by atoms with E-state index in [2.05, 4.69) is 9.97 Å². The smallest absolute Gasteiger partial charge is 0.313 e. The second kappa shape index (κ2) is 5.54. The van der Waals surface area contributed by atoms with Gasteiger partial charge in [-0.05, 0) is 18.2 Å². The first-order valence-electron chi connectivity index (χ1n) is 5.41. The van der Waals surface area contributed by atoms with Crippen molar-refractivity contribution in [1.82, 2.24) is 9.97 Å². The van der Waals surface area contributed by atoms with E-state index in [9.17, 15) is 4.79 Å². The molecule has 0 aliphatic carbocycles. The highest BCUT2D eigenvalue weighted by molar-refractivity contribution is 8.00. The lowest BCUT2D eigenvalue weighted by molar-refractivity contribution is -0.133. The fourth-order valence-electron chi connectivity index (χ4n) is 1.52. The zero-order chi connectivity index (χ0) is 13.1. The summed E-state index contributed by atoms with van der Waals surface area (Å²) in [6, 6.07) is 5.34. The van der Waals surface area contributed by atoms with E-state index >= 15 is 0 Å². The van der Waals surface area contributed by atoms with Crippen molar-refractivity contribution >= 4 is 40.2 Å². The number of hydrogen-bond donors (Lipinski definition) is 1. The van der Waals surface area contributed by atoms with Crippen molar-refractivity contribution in [3.8, 4) is 0 Å².